The molecule has 1 aromatic rings. The summed E-state index contributed by atoms with van der Waals surface area (Å²) in [5.41, 5.74) is -0.0168. The number of nitrogens with zero attached hydrogens (tertiary/aromatic N) is 1. The van der Waals surface area contributed by atoms with Gasteiger partial charge in [0.1, 0.15) is 0 Å². The molecule has 1 fully saturated rings. The van der Waals surface area contributed by atoms with Gasteiger partial charge in [0.05, 0.1) is 6.61 Å². The number of pyridine rings is 1. The highest BCUT2D eigenvalue weighted by Crippen LogP contribution is 2.26. The van der Waals surface area contributed by atoms with E-state index < -0.39 is 5.97 Å². The molecule has 1 N–H and O–H groups in total. The molecule has 0 unspecified atom stereocenters. The van der Waals surface area contributed by atoms with Gasteiger partial charge in [0.2, 0.25) is 0 Å². The van der Waals surface area contributed by atoms with Gasteiger partial charge in [-0.05, 0) is 40.8 Å². The van der Waals surface area contributed by atoms with Crippen molar-refractivity contribution in [3.05, 3.63) is 22.4 Å². The summed E-state index contributed by atoms with van der Waals surface area (Å²) in [6, 6.07) is 1.67. The molecule has 2 rings (SSSR count). The van der Waals surface area contributed by atoms with E-state index in [0.717, 1.165) is 4.47 Å². The first-order valence-corrected chi connectivity index (χ1v) is 7.48. The van der Waals surface area contributed by atoms with Crippen molar-refractivity contribution in [3.63, 3.8) is 0 Å². The highest BCUT2D eigenvalue weighted by Gasteiger charge is 2.17. The largest absolute Gasteiger partial charge is 0.491 e. The van der Waals surface area contributed by atoms with E-state index in [0.29, 0.717) is 18.3 Å². The summed E-state index contributed by atoms with van der Waals surface area (Å²) >= 11 is 3.29. The van der Waals surface area contributed by atoms with Crippen LogP contribution in [0.25, 0.3) is 0 Å². The summed E-state index contributed by atoms with van der Waals surface area (Å²) in [6.07, 6.45) is 8.91. The van der Waals surface area contributed by atoms with Crippen LogP contribution in [-0.2, 0) is 0 Å². The van der Waals surface area contributed by atoms with Crippen molar-refractivity contribution in [3.8, 4) is 5.75 Å². The maximum atomic E-state index is 11.1. The zero-order valence-corrected chi connectivity index (χ0v) is 12.4. The number of ether oxygens (including phenoxy) is 1. The number of aromatic nitrogens is 1. The Morgan fingerprint density at radius 1 is 1.37 bits per heavy atom. The molecule has 5 heteroatoms. The Balaban J connectivity index is 2.01. The van der Waals surface area contributed by atoms with E-state index >= 15 is 0 Å². The Labute approximate surface area is 121 Å². The molecule has 4 nitrogen and oxygen atoms in total. The van der Waals surface area contributed by atoms with Crippen molar-refractivity contribution in [2.45, 2.75) is 38.5 Å². The Morgan fingerprint density at radius 3 is 2.68 bits per heavy atom. The van der Waals surface area contributed by atoms with Gasteiger partial charge < -0.3 is 9.84 Å². The van der Waals surface area contributed by atoms with E-state index in [-0.39, 0.29) is 5.69 Å². The average molecular weight is 328 g/mol. The third-order valence-electron chi connectivity index (χ3n) is 3.47. The molecule has 0 bridgehead atoms. The highest BCUT2D eigenvalue weighted by atomic mass is 79.9. The predicted octanol–water partition coefficient (Wildman–Crippen LogP) is 3.89. The molecule has 0 atom stereocenters. The van der Waals surface area contributed by atoms with E-state index in [2.05, 4.69) is 20.9 Å². The second-order valence-corrected chi connectivity index (χ2v) is 5.89. The molecule has 0 aliphatic heterocycles. The maximum Gasteiger partial charge on any atom is 0.358 e. The minimum absolute atomic E-state index is 0.0168. The molecule has 0 radical (unpaired) electrons. The number of hydrogen-bond acceptors (Lipinski definition) is 3. The fourth-order valence-corrected chi connectivity index (χ4v) is 2.74. The lowest BCUT2D eigenvalue weighted by molar-refractivity contribution is 0.0684. The summed E-state index contributed by atoms with van der Waals surface area (Å²) in [4.78, 5) is 15.0. The van der Waals surface area contributed by atoms with Gasteiger partial charge in [-0.25, -0.2) is 9.78 Å². The van der Waals surface area contributed by atoms with Crippen molar-refractivity contribution in [1.82, 2.24) is 4.98 Å². The predicted molar refractivity (Wildman–Crippen MR) is 75.6 cm³/mol. The summed E-state index contributed by atoms with van der Waals surface area (Å²) in [5, 5.41) is 9.08. The van der Waals surface area contributed by atoms with E-state index in [1.165, 1.54) is 44.7 Å². The van der Waals surface area contributed by atoms with Gasteiger partial charge in [-0.1, -0.05) is 25.7 Å². The SMILES string of the molecule is O=C(O)c1ncc(Br)cc1OCC1CCCCCC1. The number of halogens is 1. The van der Waals surface area contributed by atoms with E-state index in [1.807, 2.05) is 0 Å². The van der Waals surface area contributed by atoms with Gasteiger partial charge in [-0.15, -0.1) is 0 Å². The Morgan fingerprint density at radius 2 is 2.05 bits per heavy atom. The molecule has 1 aliphatic rings. The van der Waals surface area contributed by atoms with Gasteiger partial charge in [0.15, 0.2) is 11.4 Å². The van der Waals surface area contributed by atoms with Crippen LogP contribution in [0.5, 0.6) is 5.75 Å². The van der Waals surface area contributed by atoms with Crippen molar-refractivity contribution in [1.29, 1.82) is 0 Å². The molecule has 0 aromatic carbocycles. The van der Waals surface area contributed by atoms with Gasteiger partial charge >= 0.3 is 5.97 Å². The lowest BCUT2D eigenvalue weighted by atomic mass is 10.0. The number of hydrogen-bond donors (Lipinski definition) is 1. The van der Waals surface area contributed by atoms with Crippen LogP contribution in [-0.4, -0.2) is 22.7 Å². The number of rotatable bonds is 4. The van der Waals surface area contributed by atoms with E-state index in [4.69, 9.17) is 9.84 Å². The Kier molecular flexibility index (Phi) is 5.19. The fourth-order valence-electron chi connectivity index (χ4n) is 2.43. The number of carboxylic acids is 1. The van der Waals surface area contributed by atoms with Crippen molar-refractivity contribution >= 4 is 21.9 Å². The van der Waals surface area contributed by atoms with Crippen molar-refractivity contribution in [2.75, 3.05) is 6.61 Å². The Bertz CT molecular complexity index is 442. The standard InChI is InChI=1S/C14H18BrNO3/c15-11-7-12(13(14(17)18)16-8-11)19-9-10-5-3-1-2-4-6-10/h7-8,10H,1-6,9H2,(H,17,18). The molecule has 0 saturated heterocycles. The number of aromatic carboxylic acids is 1. The summed E-state index contributed by atoms with van der Waals surface area (Å²) in [6.45, 7) is 0.582. The second kappa shape index (κ2) is 6.89. The zero-order valence-electron chi connectivity index (χ0n) is 10.8. The van der Waals surface area contributed by atoms with Gasteiger partial charge in [0, 0.05) is 10.7 Å². The van der Waals surface area contributed by atoms with Crippen LogP contribution >= 0.6 is 15.9 Å². The van der Waals surface area contributed by atoms with Gasteiger partial charge in [-0.3, -0.25) is 0 Å². The summed E-state index contributed by atoms with van der Waals surface area (Å²) < 4.78 is 6.43. The first kappa shape index (κ1) is 14.3. The van der Waals surface area contributed by atoms with Crippen LogP contribution in [0.15, 0.2) is 16.7 Å². The van der Waals surface area contributed by atoms with Crippen LogP contribution in [0.4, 0.5) is 0 Å². The minimum atomic E-state index is -1.05. The third kappa shape index (κ3) is 4.20. The molecular weight excluding hydrogens is 310 g/mol. The molecule has 1 aromatic heterocycles. The first-order valence-electron chi connectivity index (χ1n) is 6.68. The van der Waals surface area contributed by atoms with Crippen LogP contribution < -0.4 is 4.74 Å². The Hall–Kier alpha value is -1.10. The van der Waals surface area contributed by atoms with Gasteiger partial charge in [-0.2, -0.15) is 0 Å². The number of carbonyl (C=O) groups is 1. The molecule has 1 heterocycles. The van der Waals surface area contributed by atoms with Crippen molar-refractivity contribution in [2.24, 2.45) is 5.92 Å². The average Bonchev–Trinajstić information content (AvgIpc) is 2.64. The molecule has 1 aliphatic carbocycles. The van der Waals surface area contributed by atoms with Crippen LogP contribution in [0.1, 0.15) is 49.0 Å². The summed E-state index contributed by atoms with van der Waals surface area (Å²) in [7, 11) is 0. The topological polar surface area (TPSA) is 59.4 Å². The molecule has 0 spiro atoms. The lowest BCUT2D eigenvalue weighted by Gasteiger charge is -2.16. The molecule has 1 saturated carbocycles. The smallest absolute Gasteiger partial charge is 0.358 e. The molecule has 104 valence electrons. The maximum absolute atomic E-state index is 11.1. The normalized spacial score (nSPS) is 16.9. The van der Waals surface area contributed by atoms with Gasteiger partial charge in [0.25, 0.3) is 0 Å². The molecule has 0 amide bonds. The summed E-state index contributed by atoms with van der Waals surface area (Å²) in [5.74, 6) is -0.169. The molecule has 19 heavy (non-hydrogen) atoms. The second-order valence-electron chi connectivity index (χ2n) is 4.97. The first-order chi connectivity index (χ1) is 9.16. The molecular formula is C14H18BrNO3. The van der Waals surface area contributed by atoms with Crippen molar-refractivity contribution < 1.29 is 14.6 Å². The number of carboxylic acid groups (broad SMARTS) is 1. The third-order valence-corrected chi connectivity index (χ3v) is 3.90. The fraction of sp³-hybridized carbons (Fsp3) is 0.571. The monoisotopic (exact) mass is 327 g/mol. The lowest BCUT2D eigenvalue weighted by Crippen LogP contribution is -2.14. The van der Waals surface area contributed by atoms with Crippen LogP contribution in [0.3, 0.4) is 0 Å². The quantitative estimate of drug-likeness (QED) is 0.852. The highest BCUT2D eigenvalue weighted by molar-refractivity contribution is 9.10. The van der Waals surface area contributed by atoms with Crippen LogP contribution in [0.2, 0.25) is 0 Å². The van der Waals surface area contributed by atoms with E-state index in [1.54, 1.807) is 6.07 Å². The van der Waals surface area contributed by atoms with Crippen LogP contribution in [0, 0.1) is 5.92 Å². The van der Waals surface area contributed by atoms with E-state index in [9.17, 15) is 4.79 Å². The zero-order chi connectivity index (χ0) is 13.7. The minimum Gasteiger partial charge on any atom is -0.491 e.